The molecule has 0 radical (unpaired) electrons. The monoisotopic (exact) mass is 438 g/mol. The first-order valence-corrected chi connectivity index (χ1v) is 13.1. The third-order valence-corrected chi connectivity index (χ3v) is 6.25. The van der Waals surface area contributed by atoms with Crippen LogP contribution in [0.5, 0.6) is 0 Å². The Morgan fingerprint density at radius 3 is 1.72 bits per heavy atom. The van der Waals surface area contributed by atoms with Crippen molar-refractivity contribution in [2.45, 2.75) is 97.2 Å². The molecule has 0 saturated heterocycles. The fourth-order valence-corrected chi connectivity index (χ4v) is 4.50. The molecule has 0 heterocycles. The molecule has 0 aromatic heterocycles. The van der Waals surface area contributed by atoms with Gasteiger partial charge in [0, 0.05) is 25.6 Å². The normalized spacial score (nSPS) is 12.7. The van der Waals surface area contributed by atoms with Crippen LogP contribution in [0.25, 0.3) is 0 Å². The second kappa shape index (κ2) is 16.0. The molecule has 32 heavy (non-hydrogen) atoms. The highest BCUT2D eigenvalue weighted by atomic mass is 16.7. The molecule has 0 fully saturated rings. The maximum absolute atomic E-state index is 6.69. The molecule has 178 valence electrons. The molecule has 0 aliphatic carbocycles. The van der Waals surface area contributed by atoms with E-state index in [9.17, 15) is 0 Å². The Bertz CT molecular complexity index is 674. The van der Waals surface area contributed by atoms with Crippen molar-refractivity contribution >= 4 is 0 Å². The highest BCUT2D eigenvalue weighted by Gasteiger charge is 2.40. The summed E-state index contributed by atoms with van der Waals surface area (Å²) in [7, 11) is 0. The number of unbranched alkanes of at least 4 members (excludes halogenated alkanes) is 5. The molecular weight excluding hydrogens is 392 g/mol. The first kappa shape index (κ1) is 26.6. The maximum Gasteiger partial charge on any atom is 0.175 e. The van der Waals surface area contributed by atoms with Crippen molar-refractivity contribution in [3.05, 3.63) is 71.8 Å². The van der Waals surface area contributed by atoms with Crippen molar-refractivity contribution in [1.29, 1.82) is 0 Å². The van der Waals surface area contributed by atoms with Crippen molar-refractivity contribution in [3.63, 3.8) is 0 Å². The van der Waals surface area contributed by atoms with Crippen molar-refractivity contribution in [2.24, 2.45) is 5.92 Å². The predicted molar refractivity (Wildman–Crippen MR) is 137 cm³/mol. The molecule has 2 rings (SSSR count). The summed E-state index contributed by atoms with van der Waals surface area (Å²) in [5.41, 5.74) is 2.67. The Morgan fingerprint density at radius 1 is 0.625 bits per heavy atom. The Morgan fingerprint density at radius 2 is 1.16 bits per heavy atom. The molecule has 2 aromatic rings. The molecule has 0 saturated carbocycles. The molecule has 0 bridgehead atoms. The minimum Gasteiger partial charge on any atom is -0.349 e. The van der Waals surface area contributed by atoms with Crippen molar-refractivity contribution in [1.82, 2.24) is 0 Å². The van der Waals surface area contributed by atoms with E-state index in [2.05, 4.69) is 81.4 Å². The fraction of sp³-hybridized carbons (Fsp3) is 0.600. The summed E-state index contributed by atoms with van der Waals surface area (Å²) >= 11 is 0. The molecule has 0 aliphatic heterocycles. The average molecular weight is 439 g/mol. The number of benzene rings is 2. The molecule has 2 nitrogen and oxygen atoms in total. The minimum atomic E-state index is -0.577. The Balaban J connectivity index is 2.28. The van der Waals surface area contributed by atoms with Gasteiger partial charge in [0.2, 0.25) is 0 Å². The lowest BCUT2D eigenvalue weighted by Crippen LogP contribution is -2.47. The predicted octanol–water partition coefficient (Wildman–Crippen LogP) is 8.39. The van der Waals surface area contributed by atoms with E-state index in [0.717, 1.165) is 45.3 Å². The lowest BCUT2D eigenvalue weighted by atomic mass is 9.82. The molecule has 2 heteroatoms. The van der Waals surface area contributed by atoms with Crippen molar-refractivity contribution < 1.29 is 9.47 Å². The van der Waals surface area contributed by atoms with Gasteiger partial charge in [-0.1, -0.05) is 120 Å². The first-order chi connectivity index (χ1) is 15.7. The number of rotatable bonds is 18. The van der Waals surface area contributed by atoms with Gasteiger partial charge in [0.25, 0.3) is 0 Å². The van der Waals surface area contributed by atoms with Gasteiger partial charge in [-0.2, -0.15) is 0 Å². The summed E-state index contributed by atoms with van der Waals surface area (Å²) in [6.45, 7) is 8.13. The van der Waals surface area contributed by atoms with Gasteiger partial charge >= 0.3 is 0 Å². The topological polar surface area (TPSA) is 18.5 Å². The summed E-state index contributed by atoms with van der Waals surface area (Å²) in [6, 6.07) is 21.7. The van der Waals surface area contributed by atoms with Crippen LogP contribution in [0.4, 0.5) is 0 Å². The van der Waals surface area contributed by atoms with E-state index >= 15 is 0 Å². The maximum atomic E-state index is 6.69. The van der Waals surface area contributed by atoms with Crippen LogP contribution in [0.2, 0.25) is 0 Å². The van der Waals surface area contributed by atoms with Crippen LogP contribution in [0.15, 0.2) is 60.7 Å². The molecular formula is C30H46O2. The van der Waals surface area contributed by atoms with E-state index < -0.39 is 5.79 Å². The van der Waals surface area contributed by atoms with Gasteiger partial charge in [0.05, 0.1) is 0 Å². The molecule has 0 aliphatic rings. The van der Waals surface area contributed by atoms with E-state index in [0.29, 0.717) is 5.92 Å². The van der Waals surface area contributed by atoms with Crippen LogP contribution >= 0.6 is 0 Å². The van der Waals surface area contributed by atoms with E-state index in [1.807, 2.05) is 0 Å². The molecule has 1 unspecified atom stereocenters. The smallest absolute Gasteiger partial charge is 0.175 e. The summed E-state index contributed by atoms with van der Waals surface area (Å²) in [5.74, 6) is -0.249. The van der Waals surface area contributed by atoms with Gasteiger partial charge in [-0.25, -0.2) is 0 Å². The number of hydrogen-bond donors (Lipinski definition) is 0. The third-order valence-electron chi connectivity index (χ3n) is 6.25. The Kier molecular flexibility index (Phi) is 13.3. The third kappa shape index (κ3) is 9.46. The number of ether oxygens (including phenoxy) is 2. The lowest BCUT2D eigenvalue weighted by molar-refractivity contribution is -0.268. The zero-order valence-electron chi connectivity index (χ0n) is 20.9. The van der Waals surface area contributed by atoms with Crippen molar-refractivity contribution in [3.8, 4) is 0 Å². The standard InChI is InChI=1S/C30H46O2/c1-4-7-8-9-10-17-22-29(25-27-18-13-11-14-19-27)30(31-23-5-2,32-24-6-3)26-28-20-15-12-16-21-28/h11-16,18-21,29H,4-10,17,22-26H2,1-3H3. The highest BCUT2D eigenvalue weighted by molar-refractivity contribution is 5.19. The zero-order chi connectivity index (χ0) is 22.9. The van der Waals surface area contributed by atoms with E-state index in [1.54, 1.807) is 0 Å². The van der Waals surface area contributed by atoms with Crippen LogP contribution in [0.1, 0.15) is 89.7 Å². The molecule has 0 spiro atoms. The average Bonchev–Trinajstić information content (AvgIpc) is 2.83. The quantitative estimate of drug-likeness (QED) is 0.172. The van der Waals surface area contributed by atoms with Crippen molar-refractivity contribution in [2.75, 3.05) is 13.2 Å². The van der Waals surface area contributed by atoms with Crippen LogP contribution < -0.4 is 0 Å². The van der Waals surface area contributed by atoms with Gasteiger partial charge in [-0.05, 0) is 36.8 Å². The highest BCUT2D eigenvalue weighted by Crippen LogP contribution is 2.35. The largest absolute Gasteiger partial charge is 0.349 e. The first-order valence-electron chi connectivity index (χ1n) is 13.1. The summed E-state index contributed by atoms with van der Waals surface area (Å²) in [6.07, 6.45) is 12.8. The van der Waals surface area contributed by atoms with E-state index in [1.165, 1.54) is 49.7 Å². The van der Waals surface area contributed by atoms with Gasteiger partial charge in [-0.3, -0.25) is 0 Å². The zero-order valence-corrected chi connectivity index (χ0v) is 20.9. The van der Waals surface area contributed by atoms with Crippen LogP contribution in [0, 0.1) is 5.92 Å². The van der Waals surface area contributed by atoms with E-state index in [4.69, 9.17) is 9.47 Å². The van der Waals surface area contributed by atoms with Gasteiger partial charge in [0.1, 0.15) is 0 Å². The minimum absolute atomic E-state index is 0.328. The number of hydrogen-bond acceptors (Lipinski definition) is 2. The Hall–Kier alpha value is -1.64. The second-order valence-corrected chi connectivity index (χ2v) is 9.11. The molecule has 0 amide bonds. The summed E-state index contributed by atoms with van der Waals surface area (Å²) in [5, 5.41) is 0. The molecule has 0 N–H and O–H groups in total. The SMILES string of the molecule is CCCCCCCCC(Cc1ccccc1)C(Cc1ccccc1)(OCCC)OCCC. The molecule has 1 atom stereocenters. The van der Waals surface area contributed by atoms with Gasteiger partial charge in [-0.15, -0.1) is 0 Å². The van der Waals surface area contributed by atoms with E-state index in [-0.39, 0.29) is 0 Å². The van der Waals surface area contributed by atoms with Crippen LogP contribution in [-0.4, -0.2) is 19.0 Å². The molecule has 2 aromatic carbocycles. The van der Waals surface area contributed by atoms with Crippen LogP contribution in [-0.2, 0) is 22.3 Å². The summed E-state index contributed by atoms with van der Waals surface area (Å²) in [4.78, 5) is 0. The Labute approximate surface area is 197 Å². The van der Waals surface area contributed by atoms with Gasteiger partial charge in [0.15, 0.2) is 5.79 Å². The van der Waals surface area contributed by atoms with Gasteiger partial charge < -0.3 is 9.47 Å². The summed E-state index contributed by atoms with van der Waals surface area (Å²) < 4.78 is 13.4. The van der Waals surface area contributed by atoms with Crippen LogP contribution in [0.3, 0.4) is 0 Å². The second-order valence-electron chi connectivity index (χ2n) is 9.11. The fourth-order valence-electron chi connectivity index (χ4n) is 4.50. The lowest BCUT2D eigenvalue weighted by Gasteiger charge is -2.41.